The van der Waals surface area contributed by atoms with Gasteiger partial charge in [-0.1, -0.05) is 41.9 Å². The maximum absolute atomic E-state index is 12.0. The molecule has 1 unspecified atom stereocenters. The van der Waals surface area contributed by atoms with E-state index in [1.807, 2.05) is 6.07 Å². The number of carbonyl (C=O) groups excluding carboxylic acids is 1. The second kappa shape index (κ2) is 6.56. The summed E-state index contributed by atoms with van der Waals surface area (Å²) in [5, 5.41) is 12.4. The van der Waals surface area contributed by atoms with Gasteiger partial charge in [0.15, 0.2) is 0 Å². The summed E-state index contributed by atoms with van der Waals surface area (Å²) in [6, 6.07) is 12.6. The quantitative estimate of drug-likeness (QED) is 0.521. The van der Waals surface area contributed by atoms with Gasteiger partial charge >= 0.3 is 0 Å². The van der Waals surface area contributed by atoms with Gasteiger partial charge in [-0.2, -0.15) is 0 Å². The number of alkyl halides is 1. The molecule has 2 aromatic carbocycles. The fourth-order valence-electron chi connectivity index (χ4n) is 1.69. The SMILES string of the molecule is O=C(Nc1ccc([N+](=O)[O-])cc1Cl)C(Cl)c1ccccc1. The predicted molar refractivity (Wildman–Crippen MR) is 81.8 cm³/mol. The van der Waals surface area contributed by atoms with Crippen LogP contribution in [0, 0.1) is 10.1 Å². The molecule has 0 spiro atoms. The summed E-state index contributed by atoms with van der Waals surface area (Å²) >= 11 is 12.0. The van der Waals surface area contributed by atoms with Crippen molar-refractivity contribution >= 4 is 40.5 Å². The lowest BCUT2D eigenvalue weighted by Gasteiger charge is -2.11. The van der Waals surface area contributed by atoms with E-state index >= 15 is 0 Å². The van der Waals surface area contributed by atoms with Crippen LogP contribution in [-0.2, 0) is 4.79 Å². The van der Waals surface area contributed by atoms with E-state index in [1.165, 1.54) is 18.2 Å². The highest BCUT2D eigenvalue weighted by Crippen LogP contribution is 2.29. The minimum atomic E-state index is -0.877. The lowest BCUT2D eigenvalue weighted by molar-refractivity contribution is -0.384. The minimum Gasteiger partial charge on any atom is -0.323 e. The summed E-state index contributed by atoms with van der Waals surface area (Å²) in [7, 11) is 0. The third-order valence-corrected chi connectivity index (χ3v) is 3.51. The molecule has 108 valence electrons. The first-order valence-corrected chi connectivity index (χ1v) is 6.74. The number of non-ortho nitro benzene ring substituents is 1. The Morgan fingerprint density at radius 1 is 1.19 bits per heavy atom. The van der Waals surface area contributed by atoms with Crippen LogP contribution in [0.3, 0.4) is 0 Å². The van der Waals surface area contributed by atoms with Gasteiger partial charge in [0.1, 0.15) is 5.38 Å². The van der Waals surface area contributed by atoms with Crippen LogP contribution in [0.5, 0.6) is 0 Å². The number of anilines is 1. The van der Waals surface area contributed by atoms with Gasteiger partial charge in [-0.05, 0) is 11.6 Å². The molecule has 1 amide bonds. The van der Waals surface area contributed by atoms with Crippen molar-refractivity contribution < 1.29 is 9.72 Å². The highest BCUT2D eigenvalue weighted by atomic mass is 35.5. The second-order valence-electron chi connectivity index (χ2n) is 4.18. The summed E-state index contributed by atoms with van der Waals surface area (Å²) in [6.45, 7) is 0. The van der Waals surface area contributed by atoms with Gasteiger partial charge in [-0.25, -0.2) is 0 Å². The van der Waals surface area contributed by atoms with E-state index in [4.69, 9.17) is 23.2 Å². The smallest absolute Gasteiger partial charge is 0.271 e. The third kappa shape index (κ3) is 3.71. The Morgan fingerprint density at radius 2 is 1.86 bits per heavy atom. The summed E-state index contributed by atoms with van der Waals surface area (Å²) in [5.74, 6) is -0.460. The topological polar surface area (TPSA) is 72.2 Å². The fourth-order valence-corrected chi connectivity index (χ4v) is 2.11. The first-order valence-electron chi connectivity index (χ1n) is 5.93. The molecular formula is C14H10Cl2N2O3. The minimum absolute atomic E-state index is 0.0782. The monoisotopic (exact) mass is 324 g/mol. The van der Waals surface area contributed by atoms with E-state index in [-0.39, 0.29) is 16.4 Å². The molecule has 1 N–H and O–H groups in total. The molecule has 1 atom stereocenters. The number of carbonyl (C=O) groups is 1. The summed E-state index contributed by atoms with van der Waals surface area (Å²) < 4.78 is 0. The van der Waals surface area contributed by atoms with Gasteiger partial charge in [-0.15, -0.1) is 11.6 Å². The van der Waals surface area contributed by atoms with Crippen LogP contribution >= 0.6 is 23.2 Å². The molecule has 0 aliphatic carbocycles. The predicted octanol–water partition coefficient (Wildman–Crippen LogP) is 4.17. The van der Waals surface area contributed by atoms with Crippen LogP contribution in [0.1, 0.15) is 10.9 Å². The lowest BCUT2D eigenvalue weighted by atomic mass is 10.1. The summed E-state index contributed by atoms with van der Waals surface area (Å²) in [6.07, 6.45) is 0. The van der Waals surface area contributed by atoms with Crippen LogP contribution in [0.2, 0.25) is 5.02 Å². The number of nitrogens with one attached hydrogen (secondary N) is 1. The van der Waals surface area contributed by atoms with Crippen molar-refractivity contribution in [3.63, 3.8) is 0 Å². The summed E-state index contributed by atoms with van der Waals surface area (Å²) in [5.41, 5.74) is 0.770. The number of amides is 1. The lowest BCUT2D eigenvalue weighted by Crippen LogP contribution is -2.17. The standard InChI is InChI=1S/C14H10Cl2N2O3/c15-11-8-10(18(20)21)6-7-12(11)17-14(19)13(16)9-4-2-1-3-5-9/h1-8,13H,(H,17,19). The Labute approximate surface area is 130 Å². The van der Waals surface area contributed by atoms with Gasteiger partial charge in [0, 0.05) is 12.1 Å². The molecule has 2 rings (SSSR count). The molecule has 0 radical (unpaired) electrons. The zero-order valence-electron chi connectivity index (χ0n) is 10.6. The molecule has 0 saturated carbocycles. The Hall–Kier alpha value is -2.11. The van der Waals surface area contributed by atoms with E-state index in [1.54, 1.807) is 24.3 Å². The van der Waals surface area contributed by atoms with Crippen molar-refractivity contribution in [1.29, 1.82) is 0 Å². The second-order valence-corrected chi connectivity index (χ2v) is 5.03. The zero-order chi connectivity index (χ0) is 15.4. The van der Waals surface area contributed by atoms with E-state index in [9.17, 15) is 14.9 Å². The molecule has 0 aliphatic heterocycles. The van der Waals surface area contributed by atoms with Gasteiger partial charge in [0.2, 0.25) is 5.91 Å². The van der Waals surface area contributed by atoms with Gasteiger partial charge < -0.3 is 5.32 Å². The molecule has 2 aromatic rings. The van der Waals surface area contributed by atoms with Crippen molar-refractivity contribution in [2.75, 3.05) is 5.32 Å². The van der Waals surface area contributed by atoms with E-state index in [2.05, 4.69) is 5.32 Å². The molecular weight excluding hydrogens is 315 g/mol. The van der Waals surface area contributed by atoms with E-state index < -0.39 is 16.2 Å². The number of halogens is 2. The van der Waals surface area contributed by atoms with Crippen LogP contribution in [0.4, 0.5) is 11.4 Å². The molecule has 5 nitrogen and oxygen atoms in total. The van der Waals surface area contributed by atoms with E-state index in [0.29, 0.717) is 5.56 Å². The first-order chi connectivity index (χ1) is 9.99. The Bertz CT molecular complexity index is 677. The maximum Gasteiger partial charge on any atom is 0.271 e. The van der Waals surface area contributed by atoms with Crippen molar-refractivity contribution in [2.45, 2.75) is 5.38 Å². The number of hydrogen-bond donors (Lipinski definition) is 1. The third-order valence-electron chi connectivity index (χ3n) is 2.74. The van der Waals surface area contributed by atoms with Crippen LogP contribution in [-0.4, -0.2) is 10.8 Å². The highest BCUT2D eigenvalue weighted by Gasteiger charge is 2.19. The molecule has 0 saturated heterocycles. The number of nitrogens with zero attached hydrogens (tertiary/aromatic N) is 1. The maximum atomic E-state index is 12.0. The summed E-state index contributed by atoms with van der Waals surface area (Å²) in [4.78, 5) is 22.1. The molecule has 7 heteroatoms. The number of hydrogen-bond acceptors (Lipinski definition) is 3. The molecule has 0 aliphatic rings. The highest BCUT2D eigenvalue weighted by molar-refractivity contribution is 6.35. The fraction of sp³-hybridized carbons (Fsp3) is 0.0714. The number of benzene rings is 2. The van der Waals surface area contributed by atoms with Crippen LogP contribution < -0.4 is 5.32 Å². The number of nitro benzene ring substituents is 1. The van der Waals surface area contributed by atoms with Crippen molar-refractivity contribution in [1.82, 2.24) is 0 Å². The molecule has 0 bridgehead atoms. The van der Waals surface area contributed by atoms with Crippen molar-refractivity contribution in [2.24, 2.45) is 0 Å². The van der Waals surface area contributed by atoms with Crippen molar-refractivity contribution in [3.05, 3.63) is 69.2 Å². The van der Waals surface area contributed by atoms with Crippen LogP contribution in [0.25, 0.3) is 0 Å². The molecule has 0 aromatic heterocycles. The Kier molecular flexibility index (Phi) is 4.77. The number of nitro groups is 1. The van der Waals surface area contributed by atoms with Gasteiger partial charge in [0.25, 0.3) is 5.69 Å². The van der Waals surface area contributed by atoms with Crippen LogP contribution in [0.15, 0.2) is 48.5 Å². The largest absolute Gasteiger partial charge is 0.323 e. The molecule has 0 fully saturated rings. The zero-order valence-corrected chi connectivity index (χ0v) is 12.1. The van der Waals surface area contributed by atoms with Gasteiger partial charge in [0.05, 0.1) is 15.6 Å². The Balaban J connectivity index is 2.15. The van der Waals surface area contributed by atoms with E-state index in [0.717, 1.165) is 0 Å². The van der Waals surface area contributed by atoms with Gasteiger partial charge in [-0.3, -0.25) is 14.9 Å². The number of rotatable bonds is 4. The average molecular weight is 325 g/mol. The normalized spacial score (nSPS) is 11.7. The Morgan fingerprint density at radius 3 is 2.43 bits per heavy atom. The molecule has 21 heavy (non-hydrogen) atoms. The van der Waals surface area contributed by atoms with Crippen molar-refractivity contribution in [3.8, 4) is 0 Å². The first kappa shape index (κ1) is 15.3. The average Bonchev–Trinajstić information content (AvgIpc) is 2.49. The molecule has 0 heterocycles.